The Bertz CT molecular complexity index is 858. The minimum Gasteiger partial charge on any atom is -0.264 e. The maximum absolute atomic E-state index is 4.43. The summed E-state index contributed by atoms with van der Waals surface area (Å²) in [5, 5.41) is 0. The predicted octanol–water partition coefficient (Wildman–Crippen LogP) is 8.87. The standard InChI is InChI=1S/C10H15N.2C9H13N.C2H6/c1-7(2)10-6-8(3)5-9(4)11-10;1-7(2)9-4-8(3)5-10-6-9;1-7(2)9-4-5-10-8(3)6-9;1-2/h5-7H,1-4H3;2*4-7H,1-3H3;1-2H3. The molecule has 0 bridgehead atoms. The summed E-state index contributed by atoms with van der Waals surface area (Å²) in [4.78, 5) is 12.7. The number of aromatic nitrogens is 3. The molecule has 0 amide bonds. The van der Waals surface area contributed by atoms with E-state index in [0.29, 0.717) is 17.8 Å². The summed E-state index contributed by atoms with van der Waals surface area (Å²) in [5.41, 5.74) is 8.65. The first-order chi connectivity index (χ1) is 15.5. The average molecular weight is 450 g/mol. The van der Waals surface area contributed by atoms with Crippen LogP contribution in [0.1, 0.15) is 112 Å². The lowest BCUT2D eigenvalue weighted by Gasteiger charge is -2.06. The predicted molar refractivity (Wildman–Crippen MR) is 145 cm³/mol. The number of pyridine rings is 3. The van der Waals surface area contributed by atoms with Gasteiger partial charge < -0.3 is 0 Å². The molecule has 3 aromatic heterocycles. The van der Waals surface area contributed by atoms with Gasteiger partial charge in [-0.05, 0) is 92.0 Å². The van der Waals surface area contributed by atoms with E-state index in [4.69, 9.17) is 0 Å². The van der Waals surface area contributed by atoms with Gasteiger partial charge in [0, 0.05) is 35.7 Å². The van der Waals surface area contributed by atoms with Crippen molar-refractivity contribution in [2.45, 2.75) is 101 Å². The highest BCUT2D eigenvalue weighted by Gasteiger charge is 2.01. The molecule has 0 aliphatic heterocycles. The molecule has 3 aromatic rings. The second kappa shape index (κ2) is 16.1. The summed E-state index contributed by atoms with van der Waals surface area (Å²) in [6.45, 7) is 25.3. The van der Waals surface area contributed by atoms with Crippen molar-refractivity contribution in [3.63, 3.8) is 0 Å². The Kier molecular flexibility index (Phi) is 14.9. The number of hydrogen-bond donors (Lipinski definition) is 0. The van der Waals surface area contributed by atoms with Crippen LogP contribution in [0.5, 0.6) is 0 Å². The smallest absolute Gasteiger partial charge is 0.0434 e. The van der Waals surface area contributed by atoms with Crippen LogP contribution in [0.2, 0.25) is 0 Å². The van der Waals surface area contributed by atoms with Crippen LogP contribution in [-0.2, 0) is 0 Å². The fraction of sp³-hybridized carbons (Fsp3) is 0.500. The summed E-state index contributed by atoms with van der Waals surface area (Å²) in [7, 11) is 0. The normalized spacial score (nSPS) is 10.0. The molecule has 0 N–H and O–H groups in total. The number of rotatable bonds is 3. The van der Waals surface area contributed by atoms with Gasteiger partial charge in [-0.3, -0.25) is 15.0 Å². The van der Waals surface area contributed by atoms with Crippen molar-refractivity contribution < 1.29 is 0 Å². The fourth-order valence-electron chi connectivity index (χ4n) is 2.99. The van der Waals surface area contributed by atoms with Crippen molar-refractivity contribution in [3.05, 3.63) is 88.3 Å². The Morgan fingerprint density at radius 1 is 0.606 bits per heavy atom. The minimum absolute atomic E-state index is 0.536. The summed E-state index contributed by atoms with van der Waals surface area (Å²) < 4.78 is 0. The Balaban J connectivity index is 0.000000449. The van der Waals surface area contributed by atoms with Gasteiger partial charge in [-0.25, -0.2) is 0 Å². The van der Waals surface area contributed by atoms with Crippen molar-refractivity contribution in [1.29, 1.82) is 0 Å². The van der Waals surface area contributed by atoms with Crippen LogP contribution in [0.4, 0.5) is 0 Å². The van der Waals surface area contributed by atoms with Gasteiger partial charge in [0.15, 0.2) is 0 Å². The molecule has 3 rings (SSSR count). The molecule has 3 heteroatoms. The summed E-state index contributed by atoms with van der Waals surface area (Å²) >= 11 is 0. The van der Waals surface area contributed by atoms with E-state index < -0.39 is 0 Å². The van der Waals surface area contributed by atoms with E-state index in [-0.39, 0.29) is 0 Å². The number of hydrogen-bond acceptors (Lipinski definition) is 3. The van der Waals surface area contributed by atoms with Gasteiger partial charge >= 0.3 is 0 Å². The molecule has 3 nitrogen and oxygen atoms in total. The highest BCUT2D eigenvalue weighted by Crippen LogP contribution is 2.14. The molecule has 0 aliphatic rings. The van der Waals surface area contributed by atoms with Crippen molar-refractivity contribution in [1.82, 2.24) is 15.0 Å². The first-order valence-electron chi connectivity index (χ1n) is 12.3. The SMILES string of the molecule is CC.Cc1cc(C(C)C)ccn1.Cc1cc(C)nc(C(C)C)c1.Cc1cncc(C(C)C)c1. The molecular weight excluding hydrogens is 402 g/mol. The van der Waals surface area contributed by atoms with Crippen molar-refractivity contribution >= 4 is 0 Å². The summed E-state index contributed by atoms with van der Waals surface area (Å²) in [6.07, 6.45) is 5.67. The lowest BCUT2D eigenvalue weighted by molar-refractivity contribution is 0.813. The molecule has 0 saturated carbocycles. The fourth-order valence-corrected chi connectivity index (χ4v) is 2.99. The van der Waals surface area contributed by atoms with Crippen LogP contribution in [0, 0.1) is 27.7 Å². The van der Waals surface area contributed by atoms with Crippen molar-refractivity contribution in [3.8, 4) is 0 Å². The second-order valence-electron chi connectivity index (χ2n) is 9.20. The van der Waals surface area contributed by atoms with E-state index in [1.54, 1.807) is 0 Å². The van der Waals surface area contributed by atoms with E-state index in [1.165, 1.54) is 27.9 Å². The molecule has 33 heavy (non-hydrogen) atoms. The van der Waals surface area contributed by atoms with E-state index >= 15 is 0 Å². The Morgan fingerprint density at radius 3 is 1.61 bits per heavy atom. The molecule has 0 fully saturated rings. The van der Waals surface area contributed by atoms with Crippen molar-refractivity contribution in [2.75, 3.05) is 0 Å². The van der Waals surface area contributed by atoms with E-state index in [0.717, 1.165) is 11.4 Å². The zero-order chi connectivity index (χ0) is 25.6. The average Bonchev–Trinajstić information content (AvgIpc) is 2.75. The summed E-state index contributed by atoms with van der Waals surface area (Å²) in [6, 6.07) is 10.6. The van der Waals surface area contributed by atoms with Crippen molar-refractivity contribution in [2.24, 2.45) is 0 Å². The van der Waals surface area contributed by atoms with E-state index in [9.17, 15) is 0 Å². The zero-order valence-corrected chi connectivity index (χ0v) is 23.2. The molecule has 3 heterocycles. The highest BCUT2D eigenvalue weighted by molar-refractivity contribution is 5.21. The molecule has 0 aliphatic carbocycles. The Labute approximate surface area is 204 Å². The van der Waals surface area contributed by atoms with Crippen LogP contribution in [-0.4, -0.2) is 15.0 Å². The molecular formula is C30H47N3. The number of nitrogens with zero attached hydrogens (tertiary/aromatic N) is 3. The minimum atomic E-state index is 0.536. The maximum Gasteiger partial charge on any atom is 0.0434 e. The van der Waals surface area contributed by atoms with E-state index in [2.05, 4.69) is 101 Å². The quantitative estimate of drug-likeness (QED) is 0.401. The largest absolute Gasteiger partial charge is 0.264 e. The van der Waals surface area contributed by atoms with Crippen LogP contribution >= 0.6 is 0 Å². The third-order valence-electron chi connectivity index (χ3n) is 4.86. The lowest BCUT2D eigenvalue weighted by Crippen LogP contribution is -1.95. The van der Waals surface area contributed by atoms with Crippen LogP contribution in [0.25, 0.3) is 0 Å². The zero-order valence-electron chi connectivity index (χ0n) is 23.2. The summed E-state index contributed by atoms with van der Waals surface area (Å²) in [5.74, 6) is 1.74. The Hall–Kier alpha value is -2.55. The van der Waals surface area contributed by atoms with Gasteiger partial charge in [0.05, 0.1) is 0 Å². The van der Waals surface area contributed by atoms with Crippen LogP contribution in [0.3, 0.4) is 0 Å². The maximum atomic E-state index is 4.43. The monoisotopic (exact) mass is 449 g/mol. The first kappa shape index (κ1) is 30.4. The van der Waals surface area contributed by atoms with Gasteiger partial charge in [-0.15, -0.1) is 0 Å². The molecule has 0 aromatic carbocycles. The lowest BCUT2D eigenvalue weighted by atomic mass is 10.0. The molecule has 0 saturated heterocycles. The van der Waals surface area contributed by atoms with Crippen LogP contribution in [0.15, 0.2) is 48.9 Å². The van der Waals surface area contributed by atoms with Gasteiger partial charge in [-0.2, -0.15) is 0 Å². The van der Waals surface area contributed by atoms with Gasteiger partial charge in [0.25, 0.3) is 0 Å². The van der Waals surface area contributed by atoms with Gasteiger partial charge in [0.2, 0.25) is 0 Å². The van der Waals surface area contributed by atoms with Crippen LogP contribution < -0.4 is 0 Å². The third kappa shape index (κ3) is 12.9. The van der Waals surface area contributed by atoms with Gasteiger partial charge in [-0.1, -0.05) is 61.5 Å². The van der Waals surface area contributed by atoms with Gasteiger partial charge in [0.1, 0.15) is 0 Å². The first-order valence-corrected chi connectivity index (χ1v) is 12.3. The molecule has 182 valence electrons. The number of aryl methyl sites for hydroxylation is 4. The molecule has 0 spiro atoms. The molecule has 0 unspecified atom stereocenters. The topological polar surface area (TPSA) is 38.7 Å². The molecule has 0 radical (unpaired) electrons. The highest BCUT2D eigenvalue weighted by atomic mass is 14.7. The Morgan fingerprint density at radius 2 is 1.21 bits per heavy atom. The third-order valence-corrected chi connectivity index (χ3v) is 4.86. The molecule has 0 atom stereocenters. The second-order valence-corrected chi connectivity index (χ2v) is 9.20. The van der Waals surface area contributed by atoms with E-state index in [1.807, 2.05) is 46.3 Å².